The van der Waals surface area contributed by atoms with Crippen molar-refractivity contribution in [3.8, 4) is 0 Å². The number of piperidine rings is 1. The number of hydrogen-bond donors (Lipinski definition) is 3. The highest BCUT2D eigenvalue weighted by Crippen LogP contribution is 2.30. The van der Waals surface area contributed by atoms with Gasteiger partial charge in [-0.2, -0.15) is 0 Å². The number of fused-ring (bicyclic) bond motifs is 2. The van der Waals surface area contributed by atoms with Gasteiger partial charge in [-0.3, -0.25) is 4.79 Å². The van der Waals surface area contributed by atoms with E-state index in [9.17, 15) is 9.90 Å². The van der Waals surface area contributed by atoms with Gasteiger partial charge in [0.15, 0.2) is 5.82 Å². The summed E-state index contributed by atoms with van der Waals surface area (Å²) in [7, 11) is 0. The lowest BCUT2D eigenvalue weighted by Crippen LogP contribution is -2.55. The van der Waals surface area contributed by atoms with Gasteiger partial charge < -0.3 is 25.5 Å². The number of amides is 1. The van der Waals surface area contributed by atoms with Crippen LogP contribution >= 0.6 is 0 Å². The maximum atomic E-state index is 12.6. The first-order chi connectivity index (χ1) is 17.5. The van der Waals surface area contributed by atoms with Crippen molar-refractivity contribution >= 4 is 34.4 Å². The van der Waals surface area contributed by atoms with E-state index < -0.39 is 6.10 Å². The molecule has 6 rings (SSSR count). The molecule has 2 saturated heterocycles. The van der Waals surface area contributed by atoms with E-state index in [0.29, 0.717) is 30.5 Å². The number of nitrogens with zero attached hydrogens (tertiary/aromatic N) is 6. The number of hydrogen-bond acceptors (Lipinski definition) is 9. The largest absolute Gasteiger partial charge is 0.387 e. The zero-order valence-corrected chi connectivity index (χ0v) is 20.6. The third kappa shape index (κ3) is 4.46. The number of anilines is 3. The fraction of sp³-hybridized carbons (Fsp3) is 0.500. The molecule has 0 aromatic carbocycles. The second-order valence-electron chi connectivity index (χ2n) is 9.96. The molecular formula is C26H32N8O2. The molecule has 3 N–H and O–H groups in total. The van der Waals surface area contributed by atoms with Crippen LogP contribution in [0.3, 0.4) is 0 Å². The van der Waals surface area contributed by atoms with Gasteiger partial charge >= 0.3 is 0 Å². The summed E-state index contributed by atoms with van der Waals surface area (Å²) in [6.45, 7) is 5.80. The molecule has 3 aliphatic rings. The lowest BCUT2D eigenvalue weighted by Gasteiger charge is -2.35. The average Bonchev–Trinajstić information content (AvgIpc) is 2.87. The maximum absolute atomic E-state index is 12.6. The van der Waals surface area contributed by atoms with E-state index in [1.165, 1.54) is 6.42 Å². The predicted molar refractivity (Wildman–Crippen MR) is 137 cm³/mol. The minimum Gasteiger partial charge on any atom is -0.387 e. The molecule has 3 aromatic rings. The summed E-state index contributed by atoms with van der Waals surface area (Å²) in [5.41, 5.74) is 3.49. The summed E-state index contributed by atoms with van der Waals surface area (Å²) >= 11 is 0. The number of nitrogens with one attached hydrogen (secondary N) is 2. The number of aromatic nitrogens is 4. The molecule has 3 aromatic heterocycles. The fourth-order valence-electron chi connectivity index (χ4n) is 5.15. The number of carbonyl (C=O) groups is 1. The third-order valence-corrected chi connectivity index (χ3v) is 7.37. The summed E-state index contributed by atoms with van der Waals surface area (Å²) in [6.07, 6.45) is 6.24. The Morgan fingerprint density at radius 1 is 1.17 bits per heavy atom. The standard InChI is InChI=1S/C26H32N8O2/c1-16(35)21-13-18-14-28-26(32-23(18)24(30-21)33-10-3-2-4-11-33)31-22-6-5-17-15-34(12-8-19(17)29-22)25(36)20-7-9-27-20/h5-6,13-14,16,20,27,35H,2-4,7-12,15H2,1H3,(H,28,29,31,32)/t16?,20-/m1/s1. The van der Waals surface area contributed by atoms with Gasteiger partial charge in [-0.25, -0.2) is 19.9 Å². The van der Waals surface area contributed by atoms with Crippen LogP contribution in [0.25, 0.3) is 10.9 Å². The van der Waals surface area contributed by atoms with Crippen LogP contribution in [0.5, 0.6) is 0 Å². The Hall–Kier alpha value is -3.37. The second kappa shape index (κ2) is 9.59. The van der Waals surface area contributed by atoms with Gasteiger partial charge in [0, 0.05) is 49.9 Å². The molecule has 0 spiro atoms. The zero-order chi connectivity index (χ0) is 24.6. The van der Waals surface area contributed by atoms with Gasteiger partial charge in [-0.15, -0.1) is 0 Å². The molecule has 0 saturated carbocycles. The number of pyridine rings is 2. The highest BCUT2D eigenvalue weighted by Gasteiger charge is 2.31. The van der Waals surface area contributed by atoms with Crippen molar-refractivity contribution in [3.63, 3.8) is 0 Å². The number of rotatable bonds is 5. The van der Waals surface area contributed by atoms with Crippen molar-refractivity contribution < 1.29 is 9.90 Å². The van der Waals surface area contributed by atoms with Crippen LogP contribution in [0.15, 0.2) is 24.4 Å². The normalized spacial score (nSPS) is 20.6. The van der Waals surface area contributed by atoms with Crippen molar-refractivity contribution in [2.75, 3.05) is 36.4 Å². The minimum atomic E-state index is -0.661. The van der Waals surface area contributed by atoms with E-state index >= 15 is 0 Å². The first-order valence-electron chi connectivity index (χ1n) is 12.9. The maximum Gasteiger partial charge on any atom is 0.240 e. The molecule has 36 heavy (non-hydrogen) atoms. The van der Waals surface area contributed by atoms with Crippen LogP contribution in [0.1, 0.15) is 55.7 Å². The summed E-state index contributed by atoms with van der Waals surface area (Å²) in [5.74, 6) is 2.14. The predicted octanol–water partition coefficient (Wildman–Crippen LogP) is 2.45. The molecule has 188 valence electrons. The van der Waals surface area contributed by atoms with E-state index in [-0.39, 0.29) is 11.9 Å². The highest BCUT2D eigenvalue weighted by atomic mass is 16.3. The lowest BCUT2D eigenvalue weighted by atomic mass is 10.0. The Balaban J connectivity index is 1.25. The first-order valence-corrected chi connectivity index (χ1v) is 12.9. The molecule has 1 unspecified atom stereocenters. The van der Waals surface area contributed by atoms with Crippen LogP contribution in [-0.2, 0) is 17.8 Å². The lowest BCUT2D eigenvalue weighted by molar-refractivity contribution is -0.136. The van der Waals surface area contributed by atoms with Crippen molar-refractivity contribution in [2.45, 2.75) is 57.7 Å². The highest BCUT2D eigenvalue weighted by molar-refractivity contribution is 5.89. The van der Waals surface area contributed by atoms with Crippen LogP contribution < -0.4 is 15.5 Å². The van der Waals surface area contributed by atoms with Gasteiger partial charge in [-0.05, 0) is 56.8 Å². The van der Waals surface area contributed by atoms with Gasteiger partial charge in [-0.1, -0.05) is 6.07 Å². The molecule has 2 atom stereocenters. The third-order valence-electron chi connectivity index (χ3n) is 7.37. The zero-order valence-electron chi connectivity index (χ0n) is 20.6. The van der Waals surface area contributed by atoms with E-state index in [1.54, 1.807) is 13.1 Å². The van der Waals surface area contributed by atoms with Gasteiger partial charge in [0.2, 0.25) is 11.9 Å². The Morgan fingerprint density at radius 3 is 2.75 bits per heavy atom. The number of aliphatic hydroxyl groups is 1. The Kier molecular flexibility index (Phi) is 6.14. The molecule has 10 nitrogen and oxygen atoms in total. The van der Waals surface area contributed by atoms with Crippen molar-refractivity contribution in [3.05, 3.63) is 41.3 Å². The first kappa shape index (κ1) is 23.1. The molecule has 3 aliphatic heterocycles. The molecule has 6 heterocycles. The summed E-state index contributed by atoms with van der Waals surface area (Å²) in [4.78, 5) is 35.7. The van der Waals surface area contributed by atoms with E-state index in [2.05, 4.69) is 20.5 Å². The number of carbonyl (C=O) groups excluding carboxylic acids is 1. The van der Waals surface area contributed by atoms with Crippen LogP contribution in [-0.4, -0.2) is 68.1 Å². The fourth-order valence-corrected chi connectivity index (χ4v) is 5.15. The summed E-state index contributed by atoms with van der Waals surface area (Å²) in [6, 6.07) is 5.80. The van der Waals surface area contributed by atoms with E-state index in [1.807, 2.05) is 23.1 Å². The van der Waals surface area contributed by atoms with Gasteiger partial charge in [0.25, 0.3) is 0 Å². The van der Waals surface area contributed by atoms with Crippen molar-refractivity contribution in [1.29, 1.82) is 0 Å². The van der Waals surface area contributed by atoms with Crippen molar-refractivity contribution in [2.24, 2.45) is 0 Å². The minimum absolute atomic E-state index is 0.0218. The Labute approximate surface area is 210 Å². The molecule has 1 amide bonds. The Morgan fingerprint density at radius 2 is 2.00 bits per heavy atom. The van der Waals surface area contributed by atoms with Gasteiger partial charge in [0.1, 0.15) is 11.3 Å². The SMILES string of the molecule is CC(O)c1cc2cnc(Nc3ccc4c(n3)CCN(C(=O)[C@H]3CCN3)C4)nc2c(N2CCCCC2)n1. The van der Waals surface area contributed by atoms with E-state index in [0.717, 1.165) is 73.3 Å². The molecule has 0 bridgehead atoms. The Bertz CT molecular complexity index is 1290. The van der Waals surface area contributed by atoms with Crippen LogP contribution in [0.2, 0.25) is 0 Å². The summed E-state index contributed by atoms with van der Waals surface area (Å²) < 4.78 is 0. The number of aliphatic hydroxyl groups excluding tert-OH is 1. The van der Waals surface area contributed by atoms with E-state index in [4.69, 9.17) is 15.0 Å². The average molecular weight is 489 g/mol. The monoisotopic (exact) mass is 488 g/mol. The van der Waals surface area contributed by atoms with Crippen LogP contribution in [0.4, 0.5) is 17.6 Å². The molecule has 2 fully saturated rings. The van der Waals surface area contributed by atoms with Gasteiger partial charge in [0.05, 0.1) is 17.8 Å². The smallest absolute Gasteiger partial charge is 0.240 e. The quantitative estimate of drug-likeness (QED) is 0.497. The summed E-state index contributed by atoms with van der Waals surface area (Å²) in [5, 5.41) is 17.5. The molecule has 0 aliphatic carbocycles. The molecule has 0 radical (unpaired) electrons. The second-order valence-corrected chi connectivity index (χ2v) is 9.96. The van der Waals surface area contributed by atoms with Crippen LogP contribution in [0, 0.1) is 0 Å². The van der Waals surface area contributed by atoms with Crippen molar-refractivity contribution in [1.82, 2.24) is 30.2 Å². The topological polar surface area (TPSA) is 119 Å². The molecular weight excluding hydrogens is 456 g/mol. The molecule has 10 heteroatoms.